The summed E-state index contributed by atoms with van der Waals surface area (Å²) in [5.74, 6) is -2.56. The van der Waals surface area contributed by atoms with Gasteiger partial charge in [-0.05, 0) is 43.1 Å². The number of carbonyl (C=O) groups excluding carboxylic acids is 3. The maximum Gasteiger partial charge on any atom is 0.247 e. The molecule has 2 rings (SSSR count). The molecule has 1 aromatic carbocycles. The third kappa shape index (κ3) is 9.45. The van der Waals surface area contributed by atoms with E-state index < -0.39 is 17.7 Å². The van der Waals surface area contributed by atoms with Crippen LogP contribution in [0.4, 0.5) is 0 Å². The molecular weight excluding hydrogens is 446 g/mol. The van der Waals surface area contributed by atoms with Crippen molar-refractivity contribution < 1.29 is 24.3 Å². The first-order valence-electron chi connectivity index (χ1n) is 12.6. The summed E-state index contributed by atoms with van der Waals surface area (Å²) < 4.78 is 5.38. The summed E-state index contributed by atoms with van der Waals surface area (Å²) in [5, 5.41) is 10.8. The average Bonchev–Trinajstić information content (AvgIpc) is 2.85. The highest BCUT2D eigenvalue weighted by Gasteiger charge is 2.36. The van der Waals surface area contributed by atoms with Gasteiger partial charge in [-0.1, -0.05) is 70.2 Å². The molecule has 0 bridgehead atoms. The van der Waals surface area contributed by atoms with Gasteiger partial charge in [0.15, 0.2) is 0 Å². The number of nitrogens with zero attached hydrogens (tertiary/aromatic N) is 1. The number of rotatable bonds is 11. The molecule has 2 atom stereocenters. The van der Waals surface area contributed by atoms with E-state index in [-0.39, 0.29) is 36.0 Å². The van der Waals surface area contributed by atoms with Crippen LogP contribution in [-0.4, -0.2) is 47.7 Å². The fourth-order valence-electron chi connectivity index (χ4n) is 4.35. The van der Waals surface area contributed by atoms with Crippen molar-refractivity contribution in [2.45, 2.75) is 53.4 Å². The Morgan fingerprint density at radius 3 is 2.26 bits per heavy atom. The first kappa shape index (κ1) is 28.5. The SMILES string of the molecule is CC(C)C[C@@H](C(=O)NN(CC(C)C)C(=O)C1CCOCC1)[C@H](CC=Cc1ccccc1)C(=O)NO. The normalized spacial score (nSPS) is 16.3. The lowest BCUT2D eigenvalue weighted by Crippen LogP contribution is -2.54. The molecule has 1 aliphatic rings. The Morgan fingerprint density at radius 1 is 1.03 bits per heavy atom. The first-order chi connectivity index (χ1) is 16.7. The van der Waals surface area contributed by atoms with Gasteiger partial charge in [-0.25, -0.2) is 5.48 Å². The topological polar surface area (TPSA) is 108 Å². The predicted octanol–water partition coefficient (Wildman–Crippen LogP) is 3.82. The van der Waals surface area contributed by atoms with Gasteiger partial charge in [-0.15, -0.1) is 0 Å². The van der Waals surface area contributed by atoms with Gasteiger partial charge in [0.2, 0.25) is 17.7 Å². The highest BCUT2D eigenvalue weighted by atomic mass is 16.5. The Hall–Kier alpha value is -2.71. The van der Waals surface area contributed by atoms with Crippen LogP contribution in [0.2, 0.25) is 0 Å². The monoisotopic (exact) mass is 487 g/mol. The number of hydrogen-bond acceptors (Lipinski definition) is 5. The second kappa shape index (κ2) is 14.6. The van der Waals surface area contributed by atoms with E-state index in [0.29, 0.717) is 39.0 Å². The lowest BCUT2D eigenvalue weighted by Gasteiger charge is -2.33. The summed E-state index contributed by atoms with van der Waals surface area (Å²) in [6.45, 7) is 9.36. The highest BCUT2D eigenvalue weighted by Crippen LogP contribution is 2.26. The molecule has 1 fully saturated rings. The summed E-state index contributed by atoms with van der Waals surface area (Å²) in [7, 11) is 0. The molecule has 8 heteroatoms. The molecule has 3 N–H and O–H groups in total. The molecule has 1 aromatic rings. The molecule has 3 amide bonds. The van der Waals surface area contributed by atoms with Gasteiger partial charge in [0.25, 0.3) is 0 Å². The molecule has 1 heterocycles. The first-order valence-corrected chi connectivity index (χ1v) is 12.6. The van der Waals surface area contributed by atoms with E-state index in [1.165, 1.54) is 5.01 Å². The molecule has 0 saturated carbocycles. The van der Waals surface area contributed by atoms with Gasteiger partial charge in [-0.3, -0.25) is 30.0 Å². The second-order valence-corrected chi connectivity index (χ2v) is 10.1. The maximum absolute atomic E-state index is 13.5. The second-order valence-electron chi connectivity index (χ2n) is 10.1. The van der Waals surface area contributed by atoms with E-state index in [9.17, 15) is 19.6 Å². The van der Waals surface area contributed by atoms with Crippen LogP contribution in [0.25, 0.3) is 6.08 Å². The summed E-state index contributed by atoms with van der Waals surface area (Å²) in [4.78, 5) is 39.4. The number of carbonyl (C=O) groups is 3. The zero-order chi connectivity index (χ0) is 25.8. The standard InChI is InChI=1S/C27H41N3O5/c1-19(2)17-24(23(26(32)29-34)12-8-11-21-9-6-5-7-10-21)25(31)28-30(18-20(3)4)27(33)22-13-15-35-16-14-22/h5-11,19-20,22-24,34H,12-18H2,1-4H3,(H,28,31)(H,29,32)/t23-,24+/m0/s1. The summed E-state index contributed by atoms with van der Waals surface area (Å²) in [6.07, 6.45) is 5.68. The van der Waals surface area contributed by atoms with Gasteiger partial charge in [0, 0.05) is 25.7 Å². The van der Waals surface area contributed by atoms with Crippen molar-refractivity contribution in [3.05, 3.63) is 42.0 Å². The summed E-state index contributed by atoms with van der Waals surface area (Å²) in [5.41, 5.74) is 5.55. The molecule has 1 aliphatic heterocycles. The number of ether oxygens (including phenoxy) is 1. The van der Waals surface area contributed by atoms with Crippen LogP contribution >= 0.6 is 0 Å². The molecule has 194 valence electrons. The molecule has 1 saturated heterocycles. The maximum atomic E-state index is 13.5. The molecule has 0 aromatic heterocycles. The van der Waals surface area contributed by atoms with Gasteiger partial charge < -0.3 is 4.74 Å². The van der Waals surface area contributed by atoms with Gasteiger partial charge in [0.05, 0.1) is 11.8 Å². The van der Waals surface area contributed by atoms with Gasteiger partial charge >= 0.3 is 0 Å². The van der Waals surface area contributed by atoms with Crippen LogP contribution in [0.3, 0.4) is 0 Å². The van der Waals surface area contributed by atoms with E-state index in [0.717, 1.165) is 5.56 Å². The van der Waals surface area contributed by atoms with E-state index in [1.807, 2.05) is 70.2 Å². The summed E-state index contributed by atoms with van der Waals surface area (Å²) in [6, 6.07) is 9.66. The molecule has 8 nitrogen and oxygen atoms in total. The minimum absolute atomic E-state index is 0.120. The fraction of sp³-hybridized carbons (Fsp3) is 0.593. The van der Waals surface area contributed by atoms with E-state index in [1.54, 1.807) is 5.48 Å². The number of allylic oxidation sites excluding steroid dienone is 1. The number of hydrogen-bond donors (Lipinski definition) is 3. The van der Waals surface area contributed by atoms with E-state index >= 15 is 0 Å². The third-order valence-corrected chi connectivity index (χ3v) is 6.12. The van der Waals surface area contributed by atoms with Crippen molar-refractivity contribution in [2.75, 3.05) is 19.8 Å². The Kier molecular flexibility index (Phi) is 11.9. The highest BCUT2D eigenvalue weighted by molar-refractivity contribution is 5.89. The summed E-state index contributed by atoms with van der Waals surface area (Å²) >= 11 is 0. The molecule has 0 spiro atoms. The minimum atomic E-state index is -0.790. The lowest BCUT2D eigenvalue weighted by molar-refractivity contribution is -0.151. The lowest BCUT2D eigenvalue weighted by atomic mass is 9.82. The average molecular weight is 488 g/mol. The number of hydroxylamine groups is 1. The molecule has 0 unspecified atom stereocenters. The Morgan fingerprint density at radius 2 is 1.69 bits per heavy atom. The Bertz CT molecular complexity index is 834. The molecular formula is C27H41N3O5. The third-order valence-electron chi connectivity index (χ3n) is 6.12. The zero-order valence-corrected chi connectivity index (χ0v) is 21.4. The smallest absolute Gasteiger partial charge is 0.247 e. The van der Waals surface area contributed by atoms with Crippen LogP contribution in [0.15, 0.2) is 36.4 Å². The predicted molar refractivity (Wildman–Crippen MR) is 135 cm³/mol. The van der Waals surface area contributed by atoms with Crippen molar-refractivity contribution >= 4 is 23.8 Å². The number of benzene rings is 1. The minimum Gasteiger partial charge on any atom is -0.381 e. The van der Waals surface area contributed by atoms with Crippen LogP contribution in [-0.2, 0) is 19.1 Å². The van der Waals surface area contributed by atoms with Crippen molar-refractivity contribution in [3.63, 3.8) is 0 Å². The number of nitrogens with one attached hydrogen (secondary N) is 2. The van der Waals surface area contributed by atoms with Crippen molar-refractivity contribution in [2.24, 2.45) is 29.6 Å². The quantitative estimate of drug-likeness (QED) is 0.325. The van der Waals surface area contributed by atoms with Crippen LogP contribution < -0.4 is 10.9 Å². The van der Waals surface area contributed by atoms with Crippen molar-refractivity contribution in [3.8, 4) is 0 Å². The number of amides is 3. The molecule has 0 radical (unpaired) electrons. The largest absolute Gasteiger partial charge is 0.381 e. The number of hydrazine groups is 1. The molecule has 0 aliphatic carbocycles. The molecule has 35 heavy (non-hydrogen) atoms. The van der Waals surface area contributed by atoms with Crippen LogP contribution in [0.1, 0.15) is 58.9 Å². The van der Waals surface area contributed by atoms with Crippen molar-refractivity contribution in [1.29, 1.82) is 0 Å². The Balaban J connectivity index is 2.23. The van der Waals surface area contributed by atoms with Crippen LogP contribution in [0.5, 0.6) is 0 Å². The van der Waals surface area contributed by atoms with E-state index in [2.05, 4.69) is 5.43 Å². The van der Waals surface area contributed by atoms with Crippen molar-refractivity contribution in [1.82, 2.24) is 15.9 Å². The fourth-order valence-corrected chi connectivity index (χ4v) is 4.35. The van der Waals surface area contributed by atoms with Crippen LogP contribution in [0, 0.1) is 29.6 Å². The Labute approximate surface area is 209 Å². The zero-order valence-electron chi connectivity index (χ0n) is 21.4. The van der Waals surface area contributed by atoms with Gasteiger partial charge in [-0.2, -0.15) is 0 Å². The van der Waals surface area contributed by atoms with E-state index in [4.69, 9.17) is 4.74 Å². The van der Waals surface area contributed by atoms with Gasteiger partial charge in [0.1, 0.15) is 0 Å².